The van der Waals surface area contributed by atoms with E-state index in [4.69, 9.17) is 0 Å². The van der Waals surface area contributed by atoms with Gasteiger partial charge in [-0.1, -0.05) is 29.8 Å². The van der Waals surface area contributed by atoms with Gasteiger partial charge in [0.15, 0.2) is 0 Å². The highest BCUT2D eigenvalue weighted by molar-refractivity contribution is 5.93. The Bertz CT molecular complexity index is 677. The normalized spacial score (nSPS) is 11.9. The average Bonchev–Trinajstić information content (AvgIpc) is 3.01. The third-order valence-electron chi connectivity index (χ3n) is 3.68. The lowest BCUT2D eigenvalue weighted by Crippen LogP contribution is -2.34. The van der Waals surface area contributed by atoms with Crippen molar-refractivity contribution in [3.8, 4) is 0 Å². The maximum Gasteiger partial charge on any atom is 0.308 e. The number of amides is 1. The molecule has 1 aromatic carbocycles. The standard InChI is InChI=1S/C17H21N3O3/c1-3-20-11-15(10-19-20)16(21)18-9-14(17(22)23)8-13-6-4-12(2)5-7-13/h4-7,10-11,14H,3,8-9H2,1-2H3,(H,18,21)(H,22,23). The van der Waals surface area contributed by atoms with Gasteiger partial charge in [0.05, 0.1) is 17.7 Å². The molecule has 0 saturated carbocycles. The summed E-state index contributed by atoms with van der Waals surface area (Å²) in [5.41, 5.74) is 2.50. The molecule has 1 heterocycles. The minimum atomic E-state index is -0.921. The number of hydrogen-bond acceptors (Lipinski definition) is 3. The SMILES string of the molecule is CCn1cc(C(=O)NCC(Cc2ccc(C)cc2)C(=O)O)cn1. The molecule has 0 saturated heterocycles. The van der Waals surface area contributed by atoms with E-state index in [1.54, 1.807) is 10.9 Å². The van der Waals surface area contributed by atoms with Crippen LogP contribution in [0.2, 0.25) is 0 Å². The first-order valence-corrected chi connectivity index (χ1v) is 7.58. The third-order valence-corrected chi connectivity index (χ3v) is 3.68. The van der Waals surface area contributed by atoms with E-state index in [0.29, 0.717) is 18.5 Å². The van der Waals surface area contributed by atoms with Gasteiger partial charge in [0.1, 0.15) is 0 Å². The van der Waals surface area contributed by atoms with Gasteiger partial charge in [0.25, 0.3) is 5.91 Å². The summed E-state index contributed by atoms with van der Waals surface area (Å²) in [6, 6.07) is 7.73. The number of rotatable bonds is 7. The number of aryl methyl sites for hydroxylation is 2. The number of nitrogens with zero attached hydrogens (tertiary/aromatic N) is 2. The fourth-order valence-corrected chi connectivity index (χ4v) is 2.23. The molecule has 23 heavy (non-hydrogen) atoms. The minimum Gasteiger partial charge on any atom is -0.481 e. The second kappa shape index (κ2) is 7.58. The van der Waals surface area contributed by atoms with Crippen molar-refractivity contribution in [3.05, 3.63) is 53.3 Å². The Balaban J connectivity index is 1.95. The molecule has 1 unspecified atom stereocenters. The highest BCUT2D eigenvalue weighted by Gasteiger charge is 2.19. The summed E-state index contributed by atoms with van der Waals surface area (Å²) in [6.45, 7) is 4.67. The van der Waals surface area contributed by atoms with Crippen LogP contribution in [0.25, 0.3) is 0 Å². The number of hydrogen-bond donors (Lipinski definition) is 2. The van der Waals surface area contributed by atoms with Crippen LogP contribution in [0.1, 0.15) is 28.4 Å². The Morgan fingerprint density at radius 2 is 2.00 bits per heavy atom. The highest BCUT2D eigenvalue weighted by Crippen LogP contribution is 2.10. The van der Waals surface area contributed by atoms with Gasteiger partial charge in [-0.05, 0) is 25.8 Å². The molecule has 1 amide bonds. The first-order valence-electron chi connectivity index (χ1n) is 7.58. The Kier molecular flexibility index (Phi) is 5.51. The van der Waals surface area contributed by atoms with Crippen molar-refractivity contribution in [3.63, 3.8) is 0 Å². The number of aromatic nitrogens is 2. The fraction of sp³-hybridized carbons (Fsp3) is 0.353. The number of carboxylic acid groups (broad SMARTS) is 1. The molecule has 1 aromatic heterocycles. The van der Waals surface area contributed by atoms with Crippen molar-refractivity contribution in [2.24, 2.45) is 5.92 Å². The van der Waals surface area contributed by atoms with E-state index in [0.717, 1.165) is 11.1 Å². The van der Waals surface area contributed by atoms with Crippen LogP contribution >= 0.6 is 0 Å². The number of nitrogens with one attached hydrogen (secondary N) is 1. The van der Waals surface area contributed by atoms with Crippen LogP contribution < -0.4 is 5.32 Å². The Labute approximate surface area is 135 Å². The van der Waals surface area contributed by atoms with Crippen molar-refractivity contribution in [1.29, 1.82) is 0 Å². The molecular formula is C17H21N3O3. The van der Waals surface area contributed by atoms with E-state index in [9.17, 15) is 14.7 Å². The predicted octanol–water partition coefficient (Wildman–Crippen LogP) is 1.88. The van der Waals surface area contributed by atoms with Crippen LogP contribution in [0.5, 0.6) is 0 Å². The lowest BCUT2D eigenvalue weighted by Gasteiger charge is -2.13. The molecule has 0 aliphatic carbocycles. The molecule has 0 bridgehead atoms. The quantitative estimate of drug-likeness (QED) is 0.817. The molecule has 6 nitrogen and oxygen atoms in total. The maximum atomic E-state index is 12.0. The largest absolute Gasteiger partial charge is 0.481 e. The van der Waals surface area contributed by atoms with Gasteiger partial charge in [0.2, 0.25) is 0 Å². The monoisotopic (exact) mass is 315 g/mol. The number of benzene rings is 1. The average molecular weight is 315 g/mol. The van der Waals surface area contributed by atoms with E-state index < -0.39 is 11.9 Å². The van der Waals surface area contributed by atoms with Gasteiger partial charge >= 0.3 is 5.97 Å². The van der Waals surface area contributed by atoms with Crippen LogP contribution in [0.4, 0.5) is 0 Å². The minimum absolute atomic E-state index is 0.0827. The van der Waals surface area contributed by atoms with E-state index in [2.05, 4.69) is 10.4 Å². The van der Waals surface area contributed by atoms with Crippen molar-refractivity contribution in [2.45, 2.75) is 26.8 Å². The smallest absolute Gasteiger partial charge is 0.308 e. The van der Waals surface area contributed by atoms with E-state index in [1.165, 1.54) is 6.20 Å². The Morgan fingerprint density at radius 3 is 2.57 bits per heavy atom. The zero-order chi connectivity index (χ0) is 16.8. The molecule has 0 radical (unpaired) electrons. The van der Waals surface area contributed by atoms with Crippen molar-refractivity contribution >= 4 is 11.9 Å². The van der Waals surface area contributed by atoms with Gasteiger partial charge in [-0.25, -0.2) is 0 Å². The van der Waals surface area contributed by atoms with Gasteiger partial charge in [0, 0.05) is 19.3 Å². The van der Waals surface area contributed by atoms with Gasteiger partial charge in [-0.2, -0.15) is 5.10 Å². The number of carboxylic acids is 1. The molecule has 2 N–H and O–H groups in total. The second-order valence-corrected chi connectivity index (χ2v) is 5.52. The molecular weight excluding hydrogens is 294 g/mol. The summed E-state index contributed by atoms with van der Waals surface area (Å²) < 4.78 is 1.65. The Hall–Kier alpha value is -2.63. The molecule has 2 rings (SSSR count). The predicted molar refractivity (Wildman–Crippen MR) is 86.2 cm³/mol. The lowest BCUT2D eigenvalue weighted by atomic mass is 9.98. The second-order valence-electron chi connectivity index (χ2n) is 5.52. The van der Waals surface area contributed by atoms with Crippen molar-refractivity contribution in [1.82, 2.24) is 15.1 Å². The molecule has 1 atom stereocenters. The fourth-order valence-electron chi connectivity index (χ4n) is 2.23. The van der Waals surface area contributed by atoms with E-state index >= 15 is 0 Å². The summed E-state index contributed by atoms with van der Waals surface area (Å²) in [4.78, 5) is 23.4. The zero-order valence-electron chi connectivity index (χ0n) is 13.3. The summed E-state index contributed by atoms with van der Waals surface area (Å²) in [5, 5.41) is 16.1. The van der Waals surface area contributed by atoms with Crippen LogP contribution in [0.15, 0.2) is 36.7 Å². The summed E-state index contributed by atoms with van der Waals surface area (Å²) >= 11 is 0. The van der Waals surface area contributed by atoms with Gasteiger partial charge in [-0.3, -0.25) is 14.3 Å². The molecule has 6 heteroatoms. The first kappa shape index (κ1) is 16.7. The number of aliphatic carboxylic acids is 1. The van der Waals surface area contributed by atoms with Crippen LogP contribution in [-0.2, 0) is 17.8 Å². The molecule has 122 valence electrons. The van der Waals surface area contributed by atoms with Crippen molar-refractivity contribution in [2.75, 3.05) is 6.54 Å². The van der Waals surface area contributed by atoms with Gasteiger partial charge < -0.3 is 10.4 Å². The summed E-state index contributed by atoms with van der Waals surface area (Å²) in [6.07, 6.45) is 3.50. The number of carbonyl (C=O) groups is 2. The molecule has 0 aliphatic rings. The summed E-state index contributed by atoms with van der Waals surface area (Å²) in [5.74, 6) is -1.89. The van der Waals surface area contributed by atoms with Crippen LogP contribution in [-0.4, -0.2) is 33.3 Å². The number of carbonyl (C=O) groups excluding carboxylic acids is 1. The van der Waals surface area contributed by atoms with E-state index in [-0.39, 0.29) is 12.5 Å². The highest BCUT2D eigenvalue weighted by atomic mass is 16.4. The maximum absolute atomic E-state index is 12.0. The zero-order valence-corrected chi connectivity index (χ0v) is 13.3. The van der Waals surface area contributed by atoms with Crippen LogP contribution in [0.3, 0.4) is 0 Å². The van der Waals surface area contributed by atoms with E-state index in [1.807, 2.05) is 38.1 Å². The third kappa shape index (κ3) is 4.67. The molecule has 0 fully saturated rings. The Morgan fingerprint density at radius 1 is 1.30 bits per heavy atom. The van der Waals surface area contributed by atoms with Crippen molar-refractivity contribution < 1.29 is 14.7 Å². The topological polar surface area (TPSA) is 84.2 Å². The summed E-state index contributed by atoms with van der Waals surface area (Å²) in [7, 11) is 0. The molecule has 0 spiro atoms. The molecule has 0 aliphatic heterocycles. The first-order chi connectivity index (χ1) is 11.0. The van der Waals surface area contributed by atoms with Gasteiger partial charge in [-0.15, -0.1) is 0 Å². The van der Waals surface area contributed by atoms with Crippen LogP contribution in [0, 0.1) is 12.8 Å². The lowest BCUT2D eigenvalue weighted by molar-refractivity contribution is -0.141. The molecule has 2 aromatic rings.